The Bertz CT molecular complexity index is 1190. The van der Waals surface area contributed by atoms with Crippen LogP contribution in [0.4, 0.5) is 8.78 Å². The molecule has 0 saturated heterocycles. The molecule has 0 amide bonds. The lowest BCUT2D eigenvalue weighted by Gasteiger charge is -2.43. The number of hydrogen-bond donors (Lipinski definition) is 0. The van der Waals surface area contributed by atoms with E-state index in [1.165, 1.54) is 12.3 Å². The summed E-state index contributed by atoms with van der Waals surface area (Å²) in [6.45, 7) is 2.02. The topological polar surface area (TPSA) is 52.1 Å². The molecule has 6 heteroatoms. The van der Waals surface area contributed by atoms with Crippen molar-refractivity contribution in [3.05, 3.63) is 94.6 Å². The zero-order chi connectivity index (χ0) is 21.6. The van der Waals surface area contributed by atoms with E-state index < -0.39 is 23.0 Å². The van der Waals surface area contributed by atoms with E-state index in [4.69, 9.17) is 4.74 Å². The van der Waals surface area contributed by atoms with Crippen molar-refractivity contribution in [1.82, 2.24) is 9.97 Å². The molecule has 1 aliphatic heterocycles. The predicted octanol–water partition coefficient (Wildman–Crippen LogP) is 5.24. The summed E-state index contributed by atoms with van der Waals surface area (Å²) >= 11 is 0. The maximum Gasteiger partial charge on any atom is 0.174 e. The fraction of sp³-hybridized carbons (Fsp3) is 0.240. The van der Waals surface area contributed by atoms with Gasteiger partial charge < -0.3 is 4.74 Å². The number of benzene rings is 2. The number of hydrogen-bond acceptors (Lipinski definition) is 4. The van der Waals surface area contributed by atoms with Gasteiger partial charge in [-0.15, -0.1) is 0 Å². The highest BCUT2D eigenvalue weighted by atomic mass is 19.1. The molecule has 5 rings (SSSR count). The van der Waals surface area contributed by atoms with Crippen LogP contribution in [-0.2, 0) is 6.42 Å². The number of fused-ring (bicyclic) bond motifs is 1. The van der Waals surface area contributed by atoms with E-state index in [0.717, 1.165) is 53.8 Å². The maximum atomic E-state index is 13.9. The highest BCUT2D eigenvalue weighted by Crippen LogP contribution is 2.47. The molecule has 0 bridgehead atoms. The molecule has 0 unspecified atom stereocenters. The fourth-order valence-electron chi connectivity index (χ4n) is 4.12. The number of ether oxygens (including phenoxy) is 1. The third kappa shape index (κ3) is 3.52. The van der Waals surface area contributed by atoms with Crippen molar-refractivity contribution in [3.8, 4) is 5.75 Å². The zero-order valence-corrected chi connectivity index (χ0v) is 17.0. The molecule has 31 heavy (non-hydrogen) atoms. The van der Waals surface area contributed by atoms with Crippen molar-refractivity contribution in [2.45, 2.75) is 38.2 Å². The molecule has 2 aliphatic rings. The highest BCUT2D eigenvalue weighted by Gasteiger charge is 2.41. The van der Waals surface area contributed by atoms with Crippen LogP contribution < -0.4 is 4.74 Å². The van der Waals surface area contributed by atoms with Crippen LogP contribution in [0, 0.1) is 18.6 Å². The smallest absolute Gasteiger partial charge is 0.174 e. The van der Waals surface area contributed by atoms with Crippen LogP contribution in [0.2, 0.25) is 0 Å². The average Bonchev–Trinajstić information content (AvgIpc) is 2.72. The number of rotatable bonds is 4. The molecular weight excluding hydrogens is 398 g/mol. The summed E-state index contributed by atoms with van der Waals surface area (Å²) in [5, 5.41) is 0. The minimum Gasteiger partial charge on any atom is -0.483 e. The lowest BCUT2D eigenvalue weighted by atomic mass is 9.76. The Morgan fingerprint density at radius 1 is 1.10 bits per heavy atom. The maximum absolute atomic E-state index is 13.9. The summed E-state index contributed by atoms with van der Waals surface area (Å²) in [7, 11) is 0. The summed E-state index contributed by atoms with van der Waals surface area (Å²) in [6.07, 6.45) is 8.02. The van der Waals surface area contributed by atoms with Crippen LogP contribution in [0.25, 0.3) is 5.57 Å². The standard InChI is InChI=1S/C25H20F2N2O2/c1-15-6-7-23-17(10-15)18(12-25(31-23)8-3-9-25)21-14-28-16(13-29-21)11-22(30)24-19(26)4-2-5-20(24)27/h2,4-7,10,12-14H,3,8-9,11H2,1H3. The highest BCUT2D eigenvalue weighted by molar-refractivity contribution is 5.97. The minimum atomic E-state index is -0.875. The fourth-order valence-corrected chi connectivity index (χ4v) is 4.12. The molecule has 2 aromatic carbocycles. The van der Waals surface area contributed by atoms with E-state index in [1.54, 1.807) is 6.20 Å². The third-order valence-electron chi connectivity index (χ3n) is 5.91. The van der Waals surface area contributed by atoms with Gasteiger partial charge in [-0.1, -0.05) is 17.7 Å². The van der Waals surface area contributed by atoms with Gasteiger partial charge in [-0.05, 0) is 56.5 Å². The first kappa shape index (κ1) is 19.5. The molecule has 0 N–H and O–H groups in total. The van der Waals surface area contributed by atoms with Crippen molar-refractivity contribution < 1.29 is 18.3 Å². The van der Waals surface area contributed by atoms with Gasteiger partial charge >= 0.3 is 0 Å². The minimum absolute atomic E-state index is 0.229. The number of aryl methyl sites for hydroxylation is 1. The monoisotopic (exact) mass is 418 g/mol. The Morgan fingerprint density at radius 3 is 2.52 bits per heavy atom. The zero-order valence-electron chi connectivity index (χ0n) is 17.0. The van der Waals surface area contributed by atoms with Crippen LogP contribution in [-0.4, -0.2) is 21.4 Å². The number of Topliss-reactive ketones (excluding diaryl/α,β-unsaturated/α-hetero) is 1. The number of carbonyl (C=O) groups is 1. The third-order valence-corrected chi connectivity index (χ3v) is 5.91. The van der Waals surface area contributed by atoms with Crippen LogP contribution in [0.15, 0.2) is 54.9 Å². The van der Waals surface area contributed by atoms with Gasteiger partial charge in [-0.3, -0.25) is 14.8 Å². The van der Waals surface area contributed by atoms with Gasteiger partial charge in [0.25, 0.3) is 0 Å². The van der Waals surface area contributed by atoms with E-state index in [9.17, 15) is 13.6 Å². The number of aromatic nitrogens is 2. The quantitative estimate of drug-likeness (QED) is 0.544. The normalized spacial score (nSPS) is 16.2. The van der Waals surface area contributed by atoms with Gasteiger partial charge in [-0.25, -0.2) is 8.78 Å². The molecule has 1 fully saturated rings. The predicted molar refractivity (Wildman–Crippen MR) is 112 cm³/mol. The molecule has 0 atom stereocenters. The molecule has 1 aliphatic carbocycles. The largest absolute Gasteiger partial charge is 0.483 e. The molecule has 2 heterocycles. The number of halogens is 2. The van der Waals surface area contributed by atoms with Crippen molar-refractivity contribution >= 4 is 11.4 Å². The molecule has 1 aromatic heterocycles. The first-order valence-corrected chi connectivity index (χ1v) is 10.3. The summed E-state index contributed by atoms with van der Waals surface area (Å²) < 4.78 is 34.0. The molecule has 1 spiro atoms. The summed E-state index contributed by atoms with van der Waals surface area (Å²) in [4.78, 5) is 21.3. The van der Waals surface area contributed by atoms with Crippen LogP contribution in [0.1, 0.15) is 52.1 Å². The second-order valence-electron chi connectivity index (χ2n) is 8.17. The average molecular weight is 418 g/mol. The van der Waals surface area contributed by atoms with Crippen LogP contribution in [0.5, 0.6) is 5.75 Å². The molecule has 1 saturated carbocycles. The van der Waals surface area contributed by atoms with E-state index in [1.807, 2.05) is 19.1 Å². The summed E-state index contributed by atoms with van der Waals surface area (Å²) in [5.74, 6) is -1.59. The molecule has 3 aromatic rings. The summed E-state index contributed by atoms with van der Waals surface area (Å²) in [5.41, 5.74) is 3.22. The number of ketones is 1. The van der Waals surface area contributed by atoms with Gasteiger partial charge in [-0.2, -0.15) is 0 Å². The van der Waals surface area contributed by atoms with Gasteiger partial charge in [0.1, 0.15) is 23.0 Å². The lowest BCUT2D eigenvalue weighted by molar-refractivity contribution is 0.0376. The molecule has 4 nitrogen and oxygen atoms in total. The number of nitrogens with zero attached hydrogens (tertiary/aromatic N) is 2. The first-order chi connectivity index (χ1) is 14.9. The summed E-state index contributed by atoms with van der Waals surface area (Å²) in [6, 6.07) is 9.44. The van der Waals surface area contributed by atoms with E-state index in [2.05, 4.69) is 22.1 Å². The van der Waals surface area contributed by atoms with Gasteiger partial charge in [0.05, 0.1) is 29.6 Å². The Balaban J connectivity index is 1.45. The lowest BCUT2D eigenvalue weighted by Crippen LogP contribution is -2.43. The second-order valence-corrected chi connectivity index (χ2v) is 8.17. The van der Waals surface area contributed by atoms with E-state index >= 15 is 0 Å². The van der Waals surface area contributed by atoms with E-state index in [-0.39, 0.29) is 12.0 Å². The Kier molecular flexibility index (Phi) is 4.65. The molecule has 0 radical (unpaired) electrons. The number of carbonyl (C=O) groups excluding carboxylic acids is 1. The van der Waals surface area contributed by atoms with Crippen LogP contribution >= 0.6 is 0 Å². The van der Waals surface area contributed by atoms with Gasteiger partial charge in [0.15, 0.2) is 5.78 Å². The molecular formula is C25H20F2N2O2. The van der Waals surface area contributed by atoms with Crippen molar-refractivity contribution in [2.75, 3.05) is 0 Å². The molecule has 156 valence electrons. The Morgan fingerprint density at radius 2 is 1.87 bits per heavy atom. The van der Waals surface area contributed by atoms with Crippen molar-refractivity contribution in [3.63, 3.8) is 0 Å². The SMILES string of the molecule is Cc1ccc2c(c1)C(c1cnc(CC(=O)c3c(F)cccc3F)cn1)=CC1(CCC1)O2. The van der Waals surface area contributed by atoms with Crippen molar-refractivity contribution in [1.29, 1.82) is 0 Å². The van der Waals surface area contributed by atoms with Gasteiger partial charge in [0.2, 0.25) is 0 Å². The van der Waals surface area contributed by atoms with Crippen LogP contribution in [0.3, 0.4) is 0 Å². The Hall–Kier alpha value is -3.41. The second kappa shape index (κ2) is 7.38. The van der Waals surface area contributed by atoms with Gasteiger partial charge in [0, 0.05) is 17.3 Å². The van der Waals surface area contributed by atoms with Crippen molar-refractivity contribution in [2.24, 2.45) is 0 Å². The first-order valence-electron chi connectivity index (χ1n) is 10.3. The Labute approximate surface area is 178 Å². The van der Waals surface area contributed by atoms with E-state index in [0.29, 0.717) is 11.4 Å².